The standard InChI is InChI=1S/C17H19N7/c1-23-15-4-3-14(9-13(15)11-20-23)21-17-19-10-12-5-8-24(7-2-6-18)16(12)22-17/h3-5,8-11H,2,6-7,18H2,1H3,(H,19,21,22). The van der Waals surface area contributed by atoms with Gasteiger partial charge in [-0.3, -0.25) is 4.68 Å². The average molecular weight is 321 g/mol. The summed E-state index contributed by atoms with van der Waals surface area (Å²) in [7, 11) is 1.93. The molecule has 0 fully saturated rings. The van der Waals surface area contributed by atoms with Crippen molar-refractivity contribution in [2.45, 2.75) is 13.0 Å². The molecule has 7 nitrogen and oxygen atoms in total. The van der Waals surface area contributed by atoms with E-state index in [-0.39, 0.29) is 0 Å². The van der Waals surface area contributed by atoms with Crippen molar-refractivity contribution in [3.63, 3.8) is 0 Å². The first-order valence-corrected chi connectivity index (χ1v) is 7.95. The minimum atomic E-state index is 0.582. The van der Waals surface area contributed by atoms with E-state index in [1.165, 1.54) is 0 Å². The number of aromatic nitrogens is 5. The Balaban J connectivity index is 1.65. The van der Waals surface area contributed by atoms with Gasteiger partial charge in [-0.1, -0.05) is 0 Å². The molecule has 0 spiro atoms. The molecule has 3 N–H and O–H groups in total. The molecule has 0 atom stereocenters. The third-order valence-corrected chi connectivity index (χ3v) is 4.11. The van der Waals surface area contributed by atoms with Crippen molar-refractivity contribution in [3.05, 3.63) is 42.9 Å². The fraction of sp³-hybridized carbons (Fsp3) is 0.235. The highest BCUT2D eigenvalue weighted by Gasteiger charge is 2.07. The molecule has 0 saturated carbocycles. The zero-order valence-electron chi connectivity index (χ0n) is 13.5. The van der Waals surface area contributed by atoms with Crippen molar-refractivity contribution in [1.82, 2.24) is 24.3 Å². The van der Waals surface area contributed by atoms with Crippen LogP contribution in [0.25, 0.3) is 21.9 Å². The van der Waals surface area contributed by atoms with E-state index < -0.39 is 0 Å². The second kappa shape index (κ2) is 5.93. The van der Waals surface area contributed by atoms with Crippen molar-refractivity contribution >= 4 is 33.6 Å². The van der Waals surface area contributed by atoms with Crippen LogP contribution in [0.2, 0.25) is 0 Å². The molecular weight excluding hydrogens is 302 g/mol. The van der Waals surface area contributed by atoms with Crippen molar-refractivity contribution in [1.29, 1.82) is 0 Å². The summed E-state index contributed by atoms with van der Waals surface area (Å²) < 4.78 is 3.96. The molecule has 0 aliphatic rings. The number of aryl methyl sites for hydroxylation is 2. The Hall–Kier alpha value is -2.93. The van der Waals surface area contributed by atoms with Gasteiger partial charge in [0.15, 0.2) is 0 Å². The molecule has 0 aliphatic carbocycles. The molecule has 0 bridgehead atoms. The largest absolute Gasteiger partial charge is 0.332 e. The Morgan fingerprint density at radius 2 is 2.08 bits per heavy atom. The summed E-state index contributed by atoms with van der Waals surface area (Å²) in [4.78, 5) is 9.05. The Kier molecular flexibility index (Phi) is 3.62. The zero-order valence-corrected chi connectivity index (χ0v) is 13.5. The van der Waals surface area contributed by atoms with E-state index in [9.17, 15) is 0 Å². The van der Waals surface area contributed by atoms with Gasteiger partial charge in [0.05, 0.1) is 11.7 Å². The van der Waals surface area contributed by atoms with Crippen molar-refractivity contribution < 1.29 is 0 Å². The molecule has 0 unspecified atom stereocenters. The Labute approximate surface area is 139 Å². The first kappa shape index (κ1) is 14.6. The lowest BCUT2D eigenvalue weighted by atomic mass is 10.2. The van der Waals surface area contributed by atoms with Crippen molar-refractivity contribution in [3.8, 4) is 0 Å². The van der Waals surface area contributed by atoms with Gasteiger partial charge in [-0.25, -0.2) is 4.98 Å². The number of fused-ring (bicyclic) bond motifs is 2. The molecule has 0 radical (unpaired) electrons. The lowest BCUT2D eigenvalue weighted by Crippen LogP contribution is -2.06. The summed E-state index contributed by atoms with van der Waals surface area (Å²) in [5.74, 6) is 0.582. The molecule has 1 aromatic carbocycles. The van der Waals surface area contributed by atoms with Crippen LogP contribution in [-0.4, -0.2) is 30.9 Å². The van der Waals surface area contributed by atoms with E-state index in [1.807, 2.05) is 54.6 Å². The molecule has 24 heavy (non-hydrogen) atoms. The first-order chi connectivity index (χ1) is 11.7. The fourth-order valence-corrected chi connectivity index (χ4v) is 2.84. The predicted octanol–water partition coefficient (Wildman–Crippen LogP) is 2.41. The van der Waals surface area contributed by atoms with Gasteiger partial charge in [-0.15, -0.1) is 0 Å². The summed E-state index contributed by atoms with van der Waals surface area (Å²) in [5.41, 5.74) is 8.55. The fourth-order valence-electron chi connectivity index (χ4n) is 2.84. The van der Waals surface area contributed by atoms with E-state index in [0.717, 1.165) is 40.6 Å². The van der Waals surface area contributed by atoms with Crippen molar-refractivity contribution in [2.75, 3.05) is 11.9 Å². The van der Waals surface area contributed by atoms with Crippen LogP contribution in [-0.2, 0) is 13.6 Å². The van der Waals surface area contributed by atoms with Gasteiger partial charge in [0.2, 0.25) is 5.95 Å². The molecule has 122 valence electrons. The summed E-state index contributed by atoms with van der Waals surface area (Å²) in [6.45, 7) is 1.53. The van der Waals surface area contributed by atoms with E-state index in [1.54, 1.807) is 0 Å². The summed E-state index contributed by atoms with van der Waals surface area (Å²) in [5, 5.41) is 9.64. The SMILES string of the molecule is Cn1ncc2cc(Nc3ncc4ccn(CCCN)c4n3)ccc21. The third-order valence-electron chi connectivity index (χ3n) is 4.11. The van der Waals surface area contributed by atoms with Gasteiger partial charge >= 0.3 is 0 Å². The Morgan fingerprint density at radius 3 is 2.96 bits per heavy atom. The van der Waals surface area contributed by atoms with E-state index in [4.69, 9.17) is 5.73 Å². The minimum Gasteiger partial charge on any atom is -0.332 e. The first-order valence-electron chi connectivity index (χ1n) is 7.95. The minimum absolute atomic E-state index is 0.582. The van der Waals surface area contributed by atoms with E-state index >= 15 is 0 Å². The molecule has 4 rings (SSSR count). The number of nitrogens with two attached hydrogens (primary N) is 1. The van der Waals surface area contributed by atoms with Crippen molar-refractivity contribution in [2.24, 2.45) is 12.8 Å². The highest BCUT2D eigenvalue weighted by atomic mass is 15.2. The maximum absolute atomic E-state index is 5.60. The van der Waals surface area contributed by atoms with Crippen LogP contribution in [0.4, 0.5) is 11.6 Å². The van der Waals surface area contributed by atoms with E-state index in [0.29, 0.717) is 12.5 Å². The lowest BCUT2D eigenvalue weighted by molar-refractivity contribution is 0.666. The van der Waals surface area contributed by atoms with Gasteiger partial charge in [0.25, 0.3) is 0 Å². The van der Waals surface area contributed by atoms with E-state index in [2.05, 4.69) is 25.0 Å². The lowest BCUT2D eigenvalue weighted by Gasteiger charge is -2.07. The smallest absolute Gasteiger partial charge is 0.229 e. The zero-order chi connectivity index (χ0) is 16.5. The molecular formula is C17H19N7. The quantitative estimate of drug-likeness (QED) is 0.589. The highest BCUT2D eigenvalue weighted by Crippen LogP contribution is 2.22. The Bertz CT molecular complexity index is 999. The topological polar surface area (TPSA) is 86.6 Å². The number of benzene rings is 1. The average Bonchev–Trinajstić information content (AvgIpc) is 3.16. The van der Waals surface area contributed by atoms with Gasteiger partial charge in [-0.2, -0.15) is 10.1 Å². The molecule has 3 aromatic heterocycles. The predicted molar refractivity (Wildman–Crippen MR) is 95.2 cm³/mol. The van der Waals surface area contributed by atoms with Gasteiger partial charge in [0.1, 0.15) is 5.65 Å². The summed E-state index contributed by atoms with van der Waals surface area (Å²) in [6.07, 6.45) is 6.64. The maximum Gasteiger partial charge on any atom is 0.229 e. The van der Waals surface area contributed by atoms with Crippen LogP contribution in [0.3, 0.4) is 0 Å². The monoisotopic (exact) mass is 321 g/mol. The molecule has 0 aliphatic heterocycles. The molecule has 4 aromatic rings. The number of nitrogens with zero attached hydrogens (tertiary/aromatic N) is 5. The second-order valence-corrected chi connectivity index (χ2v) is 5.79. The van der Waals surface area contributed by atoms with Gasteiger partial charge in [0, 0.05) is 42.4 Å². The highest BCUT2D eigenvalue weighted by molar-refractivity contribution is 5.83. The molecule has 0 amide bonds. The van der Waals surface area contributed by atoms with Crippen LogP contribution in [0.5, 0.6) is 0 Å². The number of hydrogen-bond acceptors (Lipinski definition) is 5. The number of nitrogens with one attached hydrogen (secondary N) is 1. The molecule has 3 heterocycles. The third kappa shape index (κ3) is 2.59. The molecule has 0 saturated heterocycles. The van der Waals surface area contributed by atoms with Crippen LogP contribution in [0.1, 0.15) is 6.42 Å². The van der Waals surface area contributed by atoms with Crippen LogP contribution >= 0.6 is 0 Å². The normalized spacial score (nSPS) is 11.4. The maximum atomic E-state index is 5.60. The van der Waals surface area contributed by atoms with Crippen LogP contribution in [0.15, 0.2) is 42.9 Å². The summed E-state index contributed by atoms with van der Waals surface area (Å²) >= 11 is 0. The van der Waals surface area contributed by atoms with Gasteiger partial charge < -0.3 is 15.6 Å². The number of rotatable bonds is 5. The van der Waals surface area contributed by atoms with Gasteiger partial charge in [-0.05, 0) is 37.2 Å². The second-order valence-electron chi connectivity index (χ2n) is 5.79. The molecule has 7 heteroatoms. The Morgan fingerprint density at radius 1 is 1.17 bits per heavy atom. The number of hydrogen-bond donors (Lipinski definition) is 2. The van der Waals surface area contributed by atoms with Crippen LogP contribution in [0, 0.1) is 0 Å². The number of anilines is 2. The summed E-state index contributed by atoms with van der Waals surface area (Å²) in [6, 6.07) is 8.11. The van der Waals surface area contributed by atoms with Crippen LogP contribution < -0.4 is 11.1 Å².